The average Bonchev–Trinajstić information content (AvgIpc) is 2.30. The van der Waals surface area contributed by atoms with Crippen LogP contribution in [0.25, 0.3) is 0 Å². The Labute approximate surface area is 92.3 Å². The Hall–Kier alpha value is 0.984. The van der Waals surface area contributed by atoms with Crippen molar-refractivity contribution in [2.75, 3.05) is 13.7 Å². The van der Waals surface area contributed by atoms with Crippen LogP contribution in [0, 0.1) is 6.42 Å². The van der Waals surface area contributed by atoms with Crippen molar-refractivity contribution in [2.24, 2.45) is 0 Å². The van der Waals surface area contributed by atoms with E-state index in [1.165, 1.54) is 0 Å². The van der Waals surface area contributed by atoms with Crippen LogP contribution in [0.4, 0.5) is 0 Å². The fourth-order valence-electron chi connectivity index (χ4n) is 1.17. The largest absolute Gasteiger partial charge is 3.00 e. The molecule has 0 spiro atoms. The fraction of sp³-hybridized carbons (Fsp3) is 0.857. The molecule has 0 amide bonds. The molecule has 0 bridgehead atoms. The molecule has 1 saturated heterocycles. The minimum atomic E-state index is -0.167. The van der Waals surface area contributed by atoms with Gasteiger partial charge in [0.25, 0.3) is 0 Å². The normalized spacial score (nSPS) is 36.8. The molecule has 1 fully saturated rings. The van der Waals surface area contributed by atoms with Crippen LogP contribution >= 0.6 is 0 Å². The zero-order chi connectivity index (χ0) is 7.56. The van der Waals surface area contributed by atoms with Crippen LogP contribution < -0.4 is 0 Å². The Morgan fingerprint density at radius 1 is 1.64 bits per heavy atom. The molecule has 1 heterocycles. The summed E-state index contributed by atoms with van der Waals surface area (Å²) in [5.41, 5.74) is 0. The van der Waals surface area contributed by atoms with E-state index in [0.29, 0.717) is 0 Å². The second kappa shape index (κ2) is 5.60. The molecule has 3 atom stereocenters. The van der Waals surface area contributed by atoms with Crippen molar-refractivity contribution in [3.63, 3.8) is 0 Å². The first kappa shape index (κ1) is 12.0. The molecule has 0 aromatic rings. The fourth-order valence-corrected chi connectivity index (χ4v) is 1.17. The summed E-state index contributed by atoms with van der Waals surface area (Å²) < 4.78 is 10.3. The van der Waals surface area contributed by atoms with Gasteiger partial charge in [0, 0.05) is 7.11 Å². The molecule has 3 nitrogen and oxygen atoms in total. The van der Waals surface area contributed by atoms with Gasteiger partial charge in [-0.15, -0.1) is 0 Å². The van der Waals surface area contributed by atoms with E-state index in [-0.39, 0.29) is 57.6 Å². The first-order valence-electron chi connectivity index (χ1n) is 3.42. The van der Waals surface area contributed by atoms with Crippen molar-refractivity contribution in [3.05, 3.63) is 6.42 Å². The van der Waals surface area contributed by atoms with E-state index in [1.807, 2.05) is 13.3 Å². The Kier molecular flexibility index (Phi) is 6.10. The molecule has 60 valence electrons. The van der Waals surface area contributed by atoms with Crippen LogP contribution in [-0.4, -0.2) is 37.1 Å². The number of hydrogen-bond donors (Lipinski definition) is 1. The van der Waals surface area contributed by atoms with Crippen LogP contribution in [0.2, 0.25) is 0 Å². The van der Waals surface area contributed by atoms with Crippen LogP contribution in [0.3, 0.4) is 0 Å². The molecular formula is C7H13O3Y+2. The van der Waals surface area contributed by atoms with E-state index in [1.54, 1.807) is 7.11 Å². The van der Waals surface area contributed by atoms with Gasteiger partial charge in [-0.1, -0.05) is 13.0 Å². The molecule has 0 aromatic carbocycles. The van der Waals surface area contributed by atoms with Gasteiger partial charge in [0.05, 0.1) is 12.7 Å². The Bertz CT molecular complexity index is 97.9. The zero-order valence-corrected chi connectivity index (χ0v) is 9.70. The van der Waals surface area contributed by atoms with Crippen molar-refractivity contribution in [3.8, 4) is 0 Å². The number of rotatable bonds is 2. The summed E-state index contributed by atoms with van der Waals surface area (Å²) >= 11 is 0. The molecule has 1 aliphatic heterocycles. The monoisotopic (exact) mass is 234 g/mol. The first-order valence-corrected chi connectivity index (χ1v) is 3.42. The number of aliphatic hydroxyl groups excluding tert-OH is 1. The van der Waals surface area contributed by atoms with E-state index < -0.39 is 0 Å². The van der Waals surface area contributed by atoms with Crippen LogP contribution in [0.1, 0.15) is 6.92 Å². The second-order valence-corrected chi connectivity index (χ2v) is 2.45. The molecule has 1 aliphatic rings. The standard InChI is InChI=1S/C7H13O3.Y/c1-5-3-6(9-2)7(4-8)10-5;/h3,5-8H,4H2,1-2H3;/q-1;+3. The molecule has 4 heteroatoms. The number of ether oxygens (including phenoxy) is 2. The number of aliphatic hydroxyl groups is 1. The van der Waals surface area contributed by atoms with Crippen LogP contribution in [0.15, 0.2) is 0 Å². The van der Waals surface area contributed by atoms with Crippen LogP contribution in [-0.2, 0) is 42.2 Å². The maximum absolute atomic E-state index is 8.76. The van der Waals surface area contributed by atoms with E-state index >= 15 is 0 Å². The van der Waals surface area contributed by atoms with E-state index in [4.69, 9.17) is 14.6 Å². The Morgan fingerprint density at radius 2 is 2.27 bits per heavy atom. The van der Waals surface area contributed by atoms with Gasteiger partial charge in [-0.2, -0.15) is 0 Å². The third kappa shape index (κ3) is 3.07. The van der Waals surface area contributed by atoms with Gasteiger partial charge < -0.3 is 14.6 Å². The minimum Gasteiger partial charge on any atom is -0.410 e. The Balaban J connectivity index is 0.000001000. The van der Waals surface area contributed by atoms with Crippen LogP contribution in [0.5, 0.6) is 0 Å². The van der Waals surface area contributed by atoms with Crippen molar-refractivity contribution >= 4 is 0 Å². The summed E-state index contributed by atoms with van der Waals surface area (Å²) in [4.78, 5) is 0. The second-order valence-electron chi connectivity index (χ2n) is 2.45. The summed E-state index contributed by atoms with van der Waals surface area (Å²) in [5, 5.41) is 8.76. The molecule has 0 saturated carbocycles. The smallest absolute Gasteiger partial charge is 0.410 e. The van der Waals surface area contributed by atoms with Gasteiger partial charge in [-0.3, -0.25) is 6.42 Å². The molecule has 11 heavy (non-hydrogen) atoms. The third-order valence-corrected chi connectivity index (χ3v) is 1.67. The van der Waals surface area contributed by atoms with Gasteiger partial charge in [-0.05, 0) is 6.10 Å². The predicted molar refractivity (Wildman–Crippen MR) is 36.5 cm³/mol. The number of hydrogen-bond acceptors (Lipinski definition) is 3. The van der Waals surface area contributed by atoms with Crippen molar-refractivity contribution < 1.29 is 47.3 Å². The molecule has 0 aromatic heterocycles. The first-order chi connectivity index (χ1) is 4.77. The number of methoxy groups -OCH3 is 1. The third-order valence-electron chi connectivity index (χ3n) is 1.67. The quantitative estimate of drug-likeness (QED) is 0.682. The zero-order valence-electron chi connectivity index (χ0n) is 6.86. The molecule has 0 aliphatic carbocycles. The SMILES string of the molecule is COC1[CH-]C(C)OC1CO.[Y+3]. The van der Waals surface area contributed by atoms with Gasteiger partial charge in [0.1, 0.15) is 0 Å². The van der Waals surface area contributed by atoms with E-state index in [9.17, 15) is 0 Å². The topological polar surface area (TPSA) is 38.7 Å². The van der Waals surface area contributed by atoms with E-state index in [2.05, 4.69) is 0 Å². The van der Waals surface area contributed by atoms with Crippen molar-refractivity contribution in [1.82, 2.24) is 0 Å². The summed E-state index contributed by atoms with van der Waals surface area (Å²) in [6, 6.07) is 0. The summed E-state index contributed by atoms with van der Waals surface area (Å²) in [7, 11) is 1.62. The average molecular weight is 234 g/mol. The molecular weight excluding hydrogens is 221 g/mol. The maximum atomic E-state index is 8.76. The minimum absolute atomic E-state index is 0. The molecule has 0 radical (unpaired) electrons. The van der Waals surface area contributed by atoms with Gasteiger partial charge >= 0.3 is 32.7 Å². The summed E-state index contributed by atoms with van der Waals surface area (Å²) in [6.07, 6.45) is 1.84. The summed E-state index contributed by atoms with van der Waals surface area (Å²) in [6.45, 7) is 1.96. The molecule has 1 rings (SSSR count). The van der Waals surface area contributed by atoms with E-state index in [0.717, 1.165) is 0 Å². The van der Waals surface area contributed by atoms with Gasteiger partial charge in [0.15, 0.2) is 0 Å². The molecule has 3 unspecified atom stereocenters. The van der Waals surface area contributed by atoms with Gasteiger partial charge in [-0.25, -0.2) is 0 Å². The van der Waals surface area contributed by atoms with Crippen molar-refractivity contribution in [2.45, 2.75) is 25.2 Å². The van der Waals surface area contributed by atoms with Crippen molar-refractivity contribution in [1.29, 1.82) is 0 Å². The van der Waals surface area contributed by atoms with Gasteiger partial charge in [0.2, 0.25) is 0 Å². The maximum Gasteiger partial charge on any atom is 3.00 e. The Morgan fingerprint density at radius 3 is 2.64 bits per heavy atom. The predicted octanol–water partition coefficient (Wildman–Crippen LogP) is -0.0172. The molecule has 1 N–H and O–H groups in total. The summed E-state index contributed by atoms with van der Waals surface area (Å²) in [5.74, 6) is 0.